The van der Waals surface area contributed by atoms with Crippen molar-refractivity contribution < 1.29 is 28.5 Å². The maximum atomic E-state index is 13.0. The van der Waals surface area contributed by atoms with Crippen LogP contribution in [0.2, 0.25) is 0 Å². The first-order valence-electron chi connectivity index (χ1n) is 9.14. The molecule has 0 radical (unpaired) electrons. The largest absolute Gasteiger partial charge is 0.493 e. The lowest BCUT2D eigenvalue weighted by Crippen LogP contribution is -2.65. The fraction of sp³-hybridized carbons (Fsp3) is 0.333. The Kier molecular flexibility index (Phi) is 4.49. The highest BCUT2D eigenvalue weighted by atomic mass is 16.5. The Morgan fingerprint density at radius 1 is 1.14 bits per heavy atom. The molecule has 1 fully saturated rings. The number of amides is 2. The van der Waals surface area contributed by atoms with Crippen LogP contribution in [0.3, 0.4) is 0 Å². The number of urea groups is 1. The van der Waals surface area contributed by atoms with Crippen molar-refractivity contribution in [1.29, 1.82) is 0 Å². The van der Waals surface area contributed by atoms with Gasteiger partial charge in [0, 0.05) is 18.1 Å². The van der Waals surface area contributed by atoms with Gasteiger partial charge in [0.05, 0.1) is 38.6 Å². The van der Waals surface area contributed by atoms with Crippen LogP contribution in [0, 0.1) is 0 Å². The first-order chi connectivity index (χ1) is 13.9. The minimum absolute atomic E-state index is 0.280. The second kappa shape index (κ2) is 6.88. The van der Waals surface area contributed by atoms with Gasteiger partial charge in [0.1, 0.15) is 5.75 Å². The normalized spacial score (nSPS) is 22.1. The summed E-state index contributed by atoms with van der Waals surface area (Å²) in [5.41, 5.74) is 0.878. The molecule has 2 bridgehead atoms. The Morgan fingerprint density at radius 3 is 2.59 bits per heavy atom. The van der Waals surface area contributed by atoms with E-state index >= 15 is 0 Å². The second-order valence-corrected chi connectivity index (χ2v) is 7.10. The molecule has 2 aromatic carbocycles. The average molecular weight is 398 g/mol. The van der Waals surface area contributed by atoms with E-state index in [0.29, 0.717) is 34.9 Å². The van der Waals surface area contributed by atoms with E-state index in [1.807, 2.05) is 6.92 Å². The molecule has 1 N–H and O–H groups in total. The predicted octanol–water partition coefficient (Wildman–Crippen LogP) is 3.26. The Labute approximate surface area is 168 Å². The van der Waals surface area contributed by atoms with Gasteiger partial charge >= 0.3 is 12.0 Å². The van der Waals surface area contributed by atoms with Crippen LogP contribution in [0.5, 0.6) is 17.2 Å². The van der Waals surface area contributed by atoms with Gasteiger partial charge in [-0.15, -0.1) is 0 Å². The molecule has 2 heterocycles. The van der Waals surface area contributed by atoms with Gasteiger partial charge in [-0.05, 0) is 37.3 Å². The van der Waals surface area contributed by atoms with Crippen molar-refractivity contribution in [3.63, 3.8) is 0 Å². The summed E-state index contributed by atoms with van der Waals surface area (Å²) in [4.78, 5) is 26.5. The van der Waals surface area contributed by atoms with Crippen LogP contribution in [0.25, 0.3) is 0 Å². The molecule has 29 heavy (non-hydrogen) atoms. The number of ether oxygens (including phenoxy) is 4. The maximum absolute atomic E-state index is 13.0. The second-order valence-electron chi connectivity index (χ2n) is 7.10. The zero-order valence-corrected chi connectivity index (χ0v) is 16.6. The Balaban J connectivity index is 1.74. The predicted molar refractivity (Wildman–Crippen MR) is 105 cm³/mol. The number of hydrogen-bond donors (Lipinski definition) is 1. The Morgan fingerprint density at radius 2 is 1.90 bits per heavy atom. The number of rotatable bonds is 4. The molecule has 0 unspecified atom stereocenters. The van der Waals surface area contributed by atoms with Gasteiger partial charge in [0.2, 0.25) is 0 Å². The van der Waals surface area contributed by atoms with Crippen molar-refractivity contribution in [2.24, 2.45) is 0 Å². The lowest BCUT2D eigenvalue weighted by atomic mass is 9.89. The summed E-state index contributed by atoms with van der Waals surface area (Å²) < 4.78 is 21.7. The van der Waals surface area contributed by atoms with Crippen molar-refractivity contribution >= 4 is 17.7 Å². The summed E-state index contributed by atoms with van der Waals surface area (Å²) in [6.07, 6.45) is 0.505. The molecule has 2 aliphatic heterocycles. The number of anilines is 1. The van der Waals surface area contributed by atoms with E-state index in [9.17, 15) is 9.59 Å². The van der Waals surface area contributed by atoms with Gasteiger partial charge in [0.25, 0.3) is 0 Å². The minimum Gasteiger partial charge on any atom is -0.493 e. The van der Waals surface area contributed by atoms with Crippen LogP contribution in [-0.4, -0.2) is 39.1 Å². The first-order valence-corrected chi connectivity index (χ1v) is 9.14. The third kappa shape index (κ3) is 3.00. The van der Waals surface area contributed by atoms with Crippen LogP contribution in [0.4, 0.5) is 10.5 Å². The maximum Gasteiger partial charge on any atom is 0.337 e. The molecule has 0 spiro atoms. The lowest BCUT2D eigenvalue weighted by Gasteiger charge is -2.50. The third-order valence-corrected chi connectivity index (χ3v) is 5.32. The molecular formula is C21H22N2O6. The summed E-state index contributed by atoms with van der Waals surface area (Å²) in [7, 11) is 4.43. The highest BCUT2D eigenvalue weighted by Crippen LogP contribution is 2.46. The summed E-state index contributed by atoms with van der Waals surface area (Å²) in [6.45, 7) is 1.87. The molecule has 0 saturated carbocycles. The number of nitrogens with one attached hydrogen (secondary N) is 1. The van der Waals surface area contributed by atoms with Crippen LogP contribution >= 0.6 is 0 Å². The fourth-order valence-electron chi connectivity index (χ4n) is 3.97. The Hall–Kier alpha value is -3.42. The lowest BCUT2D eigenvalue weighted by molar-refractivity contribution is 0.0377. The zero-order valence-electron chi connectivity index (χ0n) is 16.6. The van der Waals surface area contributed by atoms with Crippen molar-refractivity contribution in [3.05, 3.63) is 47.5 Å². The smallest absolute Gasteiger partial charge is 0.337 e. The van der Waals surface area contributed by atoms with Gasteiger partial charge in [-0.3, -0.25) is 4.90 Å². The third-order valence-electron chi connectivity index (χ3n) is 5.32. The number of nitrogens with zero attached hydrogens (tertiary/aromatic N) is 1. The highest BCUT2D eigenvalue weighted by Gasteiger charge is 2.50. The van der Waals surface area contributed by atoms with Crippen molar-refractivity contribution in [3.8, 4) is 17.2 Å². The van der Waals surface area contributed by atoms with Crippen molar-refractivity contribution in [2.45, 2.75) is 25.1 Å². The van der Waals surface area contributed by atoms with Gasteiger partial charge in [-0.25, -0.2) is 9.59 Å². The summed E-state index contributed by atoms with van der Waals surface area (Å²) in [5, 5.41) is 3.01. The molecule has 0 aromatic heterocycles. The molecule has 2 aliphatic rings. The molecule has 4 rings (SSSR count). The fourth-order valence-corrected chi connectivity index (χ4v) is 3.97. The van der Waals surface area contributed by atoms with Gasteiger partial charge in [-0.2, -0.15) is 0 Å². The molecule has 0 aliphatic carbocycles. The van der Waals surface area contributed by atoms with E-state index in [-0.39, 0.29) is 12.1 Å². The Bertz CT molecular complexity index is 991. The molecule has 8 heteroatoms. The number of benzene rings is 2. The van der Waals surface area contributed by atoms with Crippen molar-refractivity contribution in [1.82, 2.24) is 5.32 Å². The van der Waals surface area contributed by atoms with E-state index in [1.165, 1.54) is 7.11 Å². The molecule has 152 valence electrons. The number of carbonyl (C=O) groups excluding carboxylic acids is 2. The summed E-state index contributed by atoms with van der Waals surface area (Å²) in [6, 6.07) is 9.78. The average Bonchev–Trinajstić information content (AvgIpc) is 2.72. The van der Waals surface area contributed by atoms with Crippen LogP contribution < -0.4 is 24.4 Å². The van der Waals surface area contributed by atoms with E-state index in [4.69, 9.17) is 18.9 Å². The summed E-state index contributed by atoms with van der Waals surface area (Å²) >= 11 is 0. The monoisotopic (exact) mass is 398 g/mol. The van der Waals surface area contributed by atoms with E-state index in [2.05, 4.69) is 5.32 Å². The standard InChI is InChI=1S/C21H22N2O6/c1-21-11-15(14-9-12(19(24)28-4)5-7-16(14)29-21)22-20(25)23(21)13-6-8-17(26-2)18(10-13)27-3/h5-10,15H,11H2,1-4H3,(H,22,25)/t15-,21+/m1/s1. The topological polar surface area (TPSA) is 86.3 Å². The first kappa shape index (κ1) is 18.9. The quantitative estimate of drug-likeness (QED) is 0.796. The SMILES string of the molecule is COC(=O)c1ccc2c(c1)[C@H]1C[C@](C)(O2)N(c2ccc(OC)c(OC)c2)C(=O)N1. The number of hydrogen-bond acceptors (Lipinski definition) is 6. The van der Waals surface area contributed by atoms with E-state index in [1.54, 1.807) is 55.5 Å². The molecule has 8 nitrogen and oxygen atoms in total. The number of methoxy groups -OCH3 is 3. The van der Waals surface area contributed by atoms with Gasteiger partial charge < -0.3 is 24.3 Å². The molecule has 1 saturated heterocycles. The van der Waals surface area contributed by atoms with Gasteiger partial charge in [-0.1, -0.05) is 0 Å². The van der Waals surface area contributed by atoms with Gasteiger partial charge in [0.15, 0.2) is 17.2 Å². The van der Waals surface area contributed by atoms with Crippen LogP contribution in [-0.2, 0) is 4.74 Å². The number of carbonyl (C=O) groups is 2. The number of esters is 1. The van der Waals surface area contributed by atoms with Crippen LogP contribution in [0.1, 0.15) is 35.3 Å². The zero-order chi connectivity index (χ0) is 20.8. The molecule has 2 atom stereocenters. The van der Waals surface area contributed by atoms with Crippen molar-refractivity contribution in [2.75, 3.05) is 26.2 Å². The number of fused-ring (bicyclic) bond motifs is 4. The molecular weight excluding hydrogens is 376 g/mol. The summed E-state index contributed by atoms with van der Waals surface area (Å²) in [5.74, 6) is 1.27. The highest BCUT2D eigenvalue weighted by molar-refractivity contribution is 5.95. The van der Waals surface area contributed by atoms with Crippen LogP contribution in [0.15, 0.2) is 36.4 Å². The molecule has 2 amide bonds. The van der Waals surface area contributed by atoms with E-state index in [0.717, 1.165) is 5.56 Å². The minimum atomic E-state index is -0.910. The molecule has 2 aromatic rings. The van der Waals surface area contributed by atoms with E-state index < -0.39 is 11.7 Å².